The Kier molecular flexibility index (Phi) is 5.99. The van der Waals surface area contributed by atoms with E-state index >= 15 is 0 Å². The molecular weight excluding hydrogens is 382 g/mol. The fourth-order valence-electron chi connectivity index (χ4n) is 3.61. The van der Waals surface area contributed by atoms with Crippen molar-refractivity contribution in [3.8, 4) is 11.5 Å². The van der Waals surface area contributed by atoms with E-state index in [-0.39, 0.29) is 12.0 Å². The summed E-state index contributed by atoms with van der Waals surface area (Å²) in [6, 6.07) is 15.3. The Morgan fingerprint density at radius 3 is 2.80 bits per heavy atom. The molecule has 0 radical (unpaired) electrons. The van der Waals surface area contributed by atoms with Crippen molar-refractivity contribution in [2.75, 3.05) is 27.4 Å². The third-order valence-electron chi connectivity index (χ3n) is 5.15. The van der Waals surface area contributed by atoms with Crippen molar-refractivity contribution in [3.63, 3.8) is 0 Å². The Labute approximate surface area is 175 Å². The van der Waals surface area contributed by atoms with Crippen molar-refractivity contribution in [2.24, 2.45) is 0 Å². The molecule has 1 unspecified atom stereocenters. The molecule has 0 aliphatic carbocycles. The normalized spacial score (nSPS) is 15.3. The first-order valence-corrected chi connectivity index (χ1v) is 9.90. The molecule has 0 spiro atoms. The van der Waals surface area contributed by atoms with Crippen LogP contribution in [0.3, 0.4) is 0 Å². The molecule has 1 N–H and O–H groups in total. The summed E-state index contributed by atoms with van der Waals surface area (Å²) >= 11 is 0. The van der Waals surface area contributed by atoms with Gasteiger partial charge in [0.15, 0.2) is 0 Å². The molecule has 30 heavy (non-hydrogen) atoms. The number of hydrogen-bond acceptors (Lipinski definition) is 5. The van der Waals surface area contributed by atoms with E-state index in [4.69, 9.17) is 19.3 Å². The average molecular weight is 407 g/mol. The van der Waals surface area contributed by atoms with Crippen LogP contribution in [0, 0.1) is 0 Å². The predicted octanol–water partition coefficient (Wildman–Crippen LogP) is 2.99. The number of methoxy groups -OCH3 is 2. The number of rotatable bonds is 7. The Balaban J connectivity index is 1.46. The summed E-state index contributed by atoms with van der Waals surface area (Å²) < 4.78 is 18.4. The van der Waals surface area contributed by atoms with Gasteiger partial charge in [-0.15, -0.1) is 0 Å². The number of nitrogens with zero attached hydrogens (tertiary/aromatic N) is 2. The summed E-state index contributed by atoms with van der Waals surface area (Å²) in [6.45, 7) is 1.63. The molecule has 0 fully saturated rings. The molecular formula is C23H25N3O4. The van der Waals surface area contributed by atoms with Crippen molar-refractivity contribution in [1.29, 1.82) is 0 Å². The highest BCUT2D eigenvalue weighted by Crippen LogP contribution is 2.27. The molecule has 0 saturated heterocycles. The van der Waals surface area contributed by atoms with Crippen LogP contribution in [0.1, 0.15) is 33.3 Å². The van der Waals surface area contributed by atoms with Gasteiger partial charge < -0.3 is 19.5 Å². The molecule has 1 amide bonds. The average Bonchev–Trinajstić information content (AvgIpc) is 3.20. The van der Waals surface area contributed by atoms with E-state index in [1.807, 2.05) is 22.9 Å². The number of benzene rings is 2. The van der Waals surface area contributed by atoms with Crippen LogP contribution in [0.5, 0.6) is 11.5 Å². The molecule has 1 atom stereocenters. The largest absolute Gasteiger partial charge is 0.497 e. The van der Waals surface area contributed by atoms with Gasteiger partial charge in [-0.3, -0.25) is 9.48 Å². The van der Waals surface area contributed by atoms with Crippen LogP contribution in [0.15, 0.2) is 54.7 Å². The lowest BCUT2D eigenvalue weighted by Crippen LogP contribution is -2.32. The van der Waals surface area contributed by atoms with Gasteiger partial charge in [-0.1, -0.05) is 30.3 Å². The smallest absolute Gasteiger partial charge is 0.255 e. The Hall–Kier alpha value is -3.32. The fourth-order valence-corrected chi connectivity index (χ4v) is 3.61. The van der Waals surface area contributed by atoms with E-state index in [2.05, 4.69) is 23.6 Å². The Morgan fingerprint density at radius 2 is 2.03 bits per heavy atom. The first kappa shape index (κ1) is 20.0. The van der Waals surface area contributed by atoms with Crippen LogP contribution >= 0.6 is 0 Å². The zero-order valence-corrected chi connectivity index (χ0v) is 17.1. The first-order valence-electron chi connectivity index (χ1n) is 9.90. The molecule has 7 nitrogen and oxygen atoms in total. The number of ether oxygens (including phenoxy) is 3. The standard InChI is InChI=1S/C23H25N3O4/c1-28-18-8-9-20(29-2)19(12-18)23(27)24-13-21-22-17(10-11-30-21)15-26(25-22)14-16-6-4-3-5-7-16/h3-9,12,15,21H,10-11,13-14H2,1-2H3,(H,24,27). The maximum atomic E-state index is 12.8. The van der Waals surface area contributed by atoms with Gasteiger partial charge in [0.25, 0.3) is 5.91 Å². The monoisotopic (exact) mass is 407 g/mol. The fraction of sp³-hybridized carbons (Fsp3) is 0.304. The van der Waals surface area contributed by atoms with E-state index in [1.165, 1.54) is 12.7 Å². The zero-order valence-electron chi connectivity index (χ0n) is 17.1. The summed E-state index contributed by atoms with van der Waals surface area (Å²) in [6.07, 6.45) is 2.61. The van der Waals surface area contributed by atoms with E-state index in [9.17, 15) is 4.79 Å². The minimum absolute atomic E-state index is 0.245. The number of nitrogens with one attached hydrogen (secondary N) is 1. The van der Waals surface area contributed by atoms with Crippen LogP contribution in [0.2, 0.25) is 0 Å². The number of carbonyl (C=O) groups excluding carboxylic acids is 1. The van der Waals surface area contributed by atoms with Crippen LogP contribution < -0.4 is 14.8 Å². The molecule has 0 bridgehead atoms. The molecule has 1 aliphatic heterocycles. The number of aromatic nitrogens is 2. The predicted molar refractivity (Wildman–Crippen MR) is 112 cm³/mol. The lowest BCUT2D eigenvalue weighted by Gasteiger charge is -2.22. The van der Waals surface area contributed by atoms with Crippen molar-refractivity contribution >= 4 is 5.91 Å². The third-order valence-corrected chi connectivity index (χ3v) is 5.15. The zero-order chi connectivity index (χ0) is 20.9. The number of amides is 1. The third kappa shape index (κ3) is 4.31. The number of carbonyl (C=O) groups is 1. The summed E-state index contributed by atoms with van der Waals surface area (Å²) in [4.78, 5) is 12.8. The van der Waals surface area contributed by atoms with Gasteiger partial charge >= 0.3 is 0 Å². The minimum Gasteiger partial charge on any atom is -0.497 e. The highest BCUT2D eigenvalue weighted by atomic mass is 16.5. The first-order chi connectivity index (χ1) is 14.7. The van der Waals surface area contributed by atoms with Gasteiger partial charge in [-0.2, -0.15) is 5.10 Å². The molecule has 156 valence electrons. The van der Waals surface area contributed by atoms with Crippen LogP contribution in [0.4, 0.5) is 0 Å². The molecule has 3 aromatic rings. The molecule has 4 rings (SSSR count). The lowest BCUT2D eigenvalue weighted by atomic mass is 10.1. The van der Waals surface area contributed by atoms with Gasteiger partial charge in [0.1, 0.15) is 17.6 Å². The molecule has 7 heteroatoms. The summed E-state index contributed by atoms with van der Waals surface area (Å²) in [7, 11) is 3.10. The van der Waals surface area contributed by atoms with E-state index in [0.717, 1.165) is 17.7 Å². The second kappa shape index (κ2) is 9.00. The van der Waals surface area contributed by atoms with Gasteiger partial charge in [0.05, 0.1) is 38.6 Å². The highest BCUT2D eigenvalue weighted by Gasteiger charge is 2.26. The van der Waals surface area contributed by atoms with Crippen LogP contribution in [-0.4, -0.2) is 43.1 Å². The molecule has 2 aromatic carbocycles. The second-order valence-electron chi connectivity index (χ2n) is 7.11. The Morgan fingerprint density at radius 1 is 1.20 bits per heavy atom. The van der Waals surface area contributed by atoms with Gasteiger partial charge in [0.2, 0.25) is 0 Å². The Bertz CT molecular complexity index is 1020. The van der Waals surface area contributed by atoms with E-state index in [1.54, 1.807) is 25.3 Å². The van der Waals surface area contributed by atoms with Crippen LogP contribution in [-0.2, 0) is 17.7 Å². The number of fused-ring (bicyclic) bond motifs is 1. The summed E-state index contributed by atoms with van der Waals surface area (Å²) in [5.41, 5.74) is 3.65. The van der Waals surface area contributed by atoms with Gasteiger partial charge in [-0.05, 0) is 35.7 Å². The number of hydrogen-bond donors (Lipinski definition) is 1. The topological polar surface area (TPSA) is 74.6 Å². The maximum absolute atomic E-state index is 12.8. The van der Waals surface area contributed by atoms with Gasteiger partial charge in [-0.25, -0.2) is 0 Å². The highest BCUT2D eigenvalue weighted by molar-refractivity contribution is 5.97. The van der Waals surface area contributed by atoms with Gasteiger partial charge in [0, 0.05) is 12.7 Å². The van der Waals surface area contributed by atoms with Crippen molar-refractivity contribution in [1.82, 2.24) is 15.1 Å². The quantitative estimate of drug-likeness (QED) is 0.652. The van der Waals surface area contributed by atoms with Crippen molar-refractivity contribution in [2.45, 2.75) is 19.1 Å². The molecule has 0 saturated carbocycles. The molecule has 2 heterocycles. The maximum Gasteiger partial charge on any atom is 0.255 e. The summed E-state index contributed by atoms with van der Waals surface area (Å²) in [5.74, 6) is 0.840. The summed E-state index contributed by atoms with van der Waals surface area (Å²) in [5, 5.41) is 7.68. The lowest BCUT2D eigenvalue weighted by molar-refractivity contribution is 0.0383. The van der Waals surface area contributed by atoms with Crippen molar-refractivity contribution in [3.05, 3.63) is 77.1 Å². The molecule has 1 aromatic heterocycles. The minimum atomic E-state index is -0.286. The van der Waals surface area contributed by atoms with Crippen LogP contribution in [0.25, 0.3) is 0 Å². The van der Waals surface area contributed by atoms with Crippen molar-refractivity contribution < 1.29 is 19.0 Å². The SMILES string of the molecule is COc1ccc(OC)c(C(=O)NCC2OCCc3cn(Cc4ccccc4)nc32)c1. The van der Waals surface area contributed by atoms with E-state index in [0.29, 0.717) is 36.8 Å². The second-order valence-corrected chi connectivity index (χ2v) is 7.11. The molecule has 1 aliphatic rings. The van der Waals surface area contributed by atoms with E-state index < -0.39 is 0 Å².